The normalized spacial score (nSPS) is 31.9. The number of piperidine rings is 1. The minimum Gasteiger partial charge on any atom is -0.212 e. The Bertz CT molecular complexity index is 265. The molecule has 3 nitrogen and oxygen atoms in total. The fourth-order valence-corrected chi connectivity index (χ4v) is 3.37. The molecule has 1 fully saturated rings. The van der Waals surface area contributed by atoms with E-state index in [1.165, 1.54) is 0 Å². The molecule has 0 bridgehead atoms. The molecule has 2 unspecified atom stereocenters. The zero-order valence-corrected chi connectivity index (χ0v) is 10.4. The highest BCUT2D eigenvalue weighted by Gasteiger charge is 2.30. The van der Waals surface area contributed by atoms with Crippen molar-refractivity contribution in [1.82, 2.24) is 4.31 Å². The second-order valence-corrected chi connectivity index (χ2v) is 6.97. The summed E-state index contributed by atoms with van der Waals surface area (Å²) >= 11 is 3.51. The molecule has 2 atom stereocenters. The van der Waals surface area contributed by atoms with Crippen LogP contribution in [0.4, 0.5) is 0 Å². The summed E-state index contributed by atoms with van der Waals surface area (Å²) < 4.78 is 24.6. The Labute approximate surface area is 88.7 Å². The zero-order chi connectivity index (χ0) is 10.1. The highest BCUT2D eigenvalue weighted by Crippen LogP contribution is 2.24. The average molecular weight is 270 g/mol. The Morgan fingerprint density at radius 3 is 2.62 bits per heavy atom. The molecule has 1 aliphatic rings. The molecule has 0 N–H and O–H groups in total. The molecular weight excluding hydrogens is 254 g/mol. The lowest BCUT2D eigenvalue weighted by atomic mass is 10.0. The molecule has 0 aromatic carbocycles. The molecule has 1 saturated heterocycles. The third kappa shape index (κ3) is 2.67. The number of hydrogen-bond acceptors (Lipinski definition) is 2. The predicted octanol–water partition coefficient (Wildman–Crippen LogP) is 1.44. The van der Waals surface area contributed by atoms with Crippen molar-refractivity contribution in [1.29, 1.82) is 0 Å². The van der Waals surface area contributed by atoms with E-state index in [0.29, 0.717) is 23.8 Å². The minimum absolute atomic E-state index is 0.209. The summed E-state index contributed by atoms with van der Waals surface area (Å²) in [6.45, 7) is 5.14. The molecule has 0 aromatic rings. The number of rotatable bonds is 2. The molecule has 78 valence electrons. The molecule has 5 heteroatoms. The van der Waals surface area contributed by atoms with Gasteiger partial charge in [0.05, 0.1) is 5.75 Å². The summed E-state index contributed by atoms with van der Waals surface area (Å²) in [6, 6.07) is 0. The number of nitrogens with zero attached hydrogens (tertiary/aromatic N) is 1. The Hall–Kier alpha value is 0.390. The van der Waals surface area contributed by atoms with Crippen molar-refractivity contribution in [3.63, 3.8) is 0 Å². The van der Waals surface area contributed by atoms with E-state index in [1.807, 2.05) is 0 Å². The van der Waals surface area contributed by atoms with Crippen LogP contribution in [-0.2, 0) is 10.0 Å². The van der Waals surface area contributed by atoms with Gasteiger partial charge in [-0.05, 0) is 19.3 Å². The van der Waals surface area contributed by atoms with Crippen LogP contribution in [0.3, 0.4) is 0 Å². The van der Waals surface area contributed by atoms with E-state index in [1.54, 1.807) is 11.2 Å². The SMILES string of the molecule is CCS(=O)(=O)N1CCC(C)C(Br)C1. The number of hydrogen-bond donors (Lipinski definition) is 0. The summed E-state index contributed by atoms with van der Waals surface area (Å²) in [5, 5.41) is 0. The van der Waals surface area contributed by atoms with E-state index < -0.39 is 10.0 Å². The lowest BCUT2D eigenvalue weighted by molar-refractivity contribution is 0.300. The standard InChI is InChI=1S/C8H16BrNO2S/c1-3-13(11,12)10-5-4-7(2)8(9)6-10/h7-8H,3-6H2,1-2H3. The van der Waals surface area contributed by atoms with Crippen LogP contribution in [0.1, 0.15) is 20.3 Å². The summed E-state index contributed by atoms with van der Waals surface area (Å²) in [7, 11) is -2.97. The van der Waals surface area contributed by atoms with Crippen molar-refractivity contribution in [3.05, 3.63) is 0 Å². The zero-order valence-electron chi connectivity index (χ0n) is 8.03. The number of sulfonamides is 1. The van der Waals surface area contributed by atoms with Gasteiger partial charge in [-0.2, -0.15) is 0 Å². The predicted molar refractivity (Wildman–Crippen MR) is 57.5 cm³/mol. The first-order valence-corrected chi connectivity index (χ1v) is 7.11. The maximum absolute atomic E-state index is 11.5. The molecule has 0 radical (unpaired) electrons. The van der Waals surface area contributed by atoms with Crippen LogP contribution >= 0.6 is 15.9 Å². The van der Waals surface area contributed by atoms with E-state index in [9.17, 15) is 8.42 Å². The number of halogens is 1. The van der Waals surface area contributed by atoms with Gasteiger partial charge in [-0.3, -0.25) is 0 Å². The summed E-state index contributed by atoms with van der Waals surface area (Å²) in [6.07, 6.45) is 0.954. The Kier molecular flexibility index (Phi) is 3.77. The van der Waals surface area contributed by atoms with Gasteiger partial charge in [-0.15, -0.1) is 0 Å². The van der Waals surface area contributed by atoms with Crippen LogP contribution < -0.4 is 0 Å². The highest BCUT2D eigenvalue weighted by molar-refractivity contribution is 9.09. The second-order valence-electron chi connectivity index (χ2n) is 3.54. The fraction of sp³-hybridized carbons (Fsp3) is 1.00. The molecule has 0 aliphatic carbocycles. The van der Waals surface area contributed by atoms with Crippen molar-refractivity contribution in [3.8, 4) is 0 Å². The van der Waals surface area contributed by atoms with Crippen LogP contribution in [0, 0.1) is 5.92 Å². The molecule has 1 aliphatic heterocycles. The van der Waals surface area contributed by atoms with Gasteiger partial charge in [0.25, 0.3) is 0 Å². The van der Waals surface area contributed by atoms with Crippen molar-refractivity contribution < 1.29 is 8.42 Å². The van der Waals surface area contributed by atoms with Crippen molar-refractivity contribution in [2.45, 2.75) is 25.1 Å². The van der Waals surface area contributed by atoms with E-state index in [-0.39, 0.29) is 5.75 Å². The van der Waals surface area contributed by atoms with Gasteiger partial charge in [0.15, 0.2) is 0 Å². The summed E-state index contributed by atoms with van der Waals surface area (Å²) in [4.78, 5) is 0.308. The first-order valence-electron chi connectivity index (χ1n) is 4.59. The van der Waals surface area contributed by atoms with Crippen LogP contribution in [0.5, 0.6) is 0 Å². The van der Waals surface area contributed by atoms with Crippen LogP contribution in [0.15, 0.2) is 0 Å². The average Bonchev–Trinajstić information content (AvgIpc) is 2.09. The van der Waals surface area contributed by atoms with Gasteiger partial charge in [0.2, 0.25) is 10.0 Å². The topological polar surface area (TPSA) is 37.4 Å². The second kappa shape index (κ2) is 4.28. The van der Waals surface area contributed by atoms with Gasteiger partial charge in [0, 0.05) is 17.9 Å². The number of alkyl halides is 1. The summed E-state index contributed by atoms with van der Waals surface area (Å²) in [5.41, 5.74) is 0. The fourth-order valence-electron chi connectivity index (χ4n) is 1.43. The molecule has 13 heavy (non-hydrogen) atoms. The Morgan fingerprint density at radius 2 is 2.15 bits per heavy atom. The first-order chi connectivity index (χ1) is 5.97. The Balaban J connectivity index is 2.66. The van der Waals surface area contributed by atoms with Crippen molar-refractivity contribution >= 4 is 26.0 Å². The van der Waals surface area contributed by atoms with Crippen LogP contribution in [0.25, 0.3) is 0 Å². The van der Waals surface area contributed by atoms with E-state index in [0.717, 1.165) is 6.42 Å². The molecule has 1 rings (SSSR count). The lowest BCUT2D eigenvalue weighted by Gasteiger charge is -2.33. The quantitative estimate of drug-likeness (QED) is 0.712. The monoisotopic (exact) mass is 269 g/mol. The van der Waals surface area contributed by atoms with Gasteiger partial charge in [-0.25, -0.2) is 12.7 Å². The third-order valence-corrected chi connectivity index (χ3v) is 5.63. The van der Waals surface area contributed by atoms with Crippen LogP contribution in [-0.4, -0.2) is 36.4 Å². The van der Waals surface area contributed by atoms with E-state index >= 15 is 0 Å². The van der Waals surface area contributed by atoms with Gasteiger partial charge in [-0.1, -0.05) is 22.9 Å². The molecule has 0 amide bonds. The van der Waals surface area contributed by atoms with Crippen molar-refractivity contribution in [2.75, 3.05) is 18.8 Å². The molecule has 0 spiro atoms. The third-order valence-electron chi connectivity index (χ3n) is 2.59. The van der Waals surface area contributed by atoms with Gasteiger partial charge < -0.3 is 0 Å². The molecule has 0 aromatic heterocycles. The maximum Gasteiger partial charge on any atom is 0.213 e. The lowest BCUT2D eigenvalue weighted by Crippen LogP contribution is -2.44. The van der Waals surface area contributed by atoms with Crippen LogP contribution in [0.2, 0.25) is 0 Å². The van der Waals surface area contributed by atoms with E-state index in [4.69, 9.17) is 0 Å². The maximum atomic E-state index is 11.5. The van der Waals surface area contributed by atoms with Crippen molar-refractivity contribution in [2.24, 2.45) is 5.92 Å². The van der Waals surface area contributed by atoms with E-state index in [2.05, 4.69) is 22.9 Å². The Morgan fingerprint density at radius 1 is 1.54 bits per heavy atom. The summed E-state index contributed by atoms with van der Waals surface area (Å²) in [5.74, 6) is 0.782. The van der Waals surface area contributed by atoms with Gasteiger partial charge >= 0.3 is 0 Å². The minimum atomic E-state index is -2.97. The smallest absolute Gasteiger partial charge is 0.212 e. The van der Waals surface area contributed by atoms with Gasteiger partial charge in [0.1, 0.15) is 0 Å². The largest absolute Gasteiger partial charge is 0.213 e. The first kappa shape index (κ1) is 11.5. The molecular formula is C8H16BrNO2S. The molecule has 1 heterocycles. The highest BCUT2D eigenvalue weighted by atomic mass is 79.9. The molecule has 0 saturated carbocycles.